The van der Waals surface area contributed by atoms with E-state index in [9.17, 15) is 4.79 Å². The Balaban J connectivity index is 2.05. The highest BCUT2D eigenvalue weighted by Crippen LogP contribution is 2.29. The summed E-state index contributed by atoms with van der Waals surface area (Å²) in [6, 6.07) is 7.82. The Bertz CT molecular complexity index is 758. The Labute approximate surface area is 166 Å². The smallest absolute Gasteiger partial charge is 0.234 e. The molecule has 2 aromatic rings. The Morgan fingerprint density at radius 3 is 2.48 bits per heavy atom. The van der Waals surface area contributed by atoms with E-state index >= 15 is 0 Å². The average Bonchev–Trinajstić information content (AvgIpc) is 3.05. The van der Waals surface area contributed by atoms with Crippen molar-refractivity contribution in [3.8, 4) is 11.5 Å². The zero-order chi connectivity index (χ0) is 20.0. The molecule has 1 aromatic carbocycles. The van der Waals surface area contributed by atoms with Gasteiger partial charge in [-0.3, -0.25) is 9.69 Å². The van der Waals surface area contributed by atoms with Crippen LogP contribution in [0.4, 0.5) is 0 Å². The highest BCUT2D eigenvalue weighted by Gasteiger charge is 2.19. The molecule has 1 amide bonds. The molecule has 2 rings (SSSR count). The average molecular weight is 391 g/mol. The summed E-state index contributed by atoms with van der Waals surface area (Å²) in [7, 11) is 3.26. The predicted octanol–water partition coefficient (Wildman–Crippen LogP) is 4.16. The molecule has 0 aliphatic carbocycles. The Hall–Kier alpha value is -2.05. The van der Waals surface area contributed by atoms with Gasteiger partial charge in [0.25, 0.3) is 0 Å². The van der Waals surface area contributed by atoms with Crippen molar-refractivity contribution in [2.45, 2.75) is 46.3 Å². The van der Waals surface area contributed by atoms with E-state index in [1.54, 1.807) is 25.6 Å². The number of carbonyl (C=O) groups is 1. The molecule has 1 heterocycles. The highest BCUT2D eigenvalue weighted by molar-refractivity contribution is 7.10. The Morgan fingerprint density at radius 1 is 1.19 bits per heavy atom. The number of hydrogen-bond acceptors (Lipinski definition) is 5. The molecule has 0 fully saturated rings. The number of benzene rings is 1. The maximum atomic E-state index is 12.7. The second-order valence-corrected chi connectivity index (χ2v) is 7.92. The molecule has 6 heteroatoms. The lowest BCUT2D eigenvalue weighted by Gasteiger charge is -2.27. The van der Waals surface area contributed by atoms with Crippen molar-refractivity contribution < 1.29 is 14.3 Å². The molecule has 0 unspecified atom stereocenters. The van der Waals surface area contributed by atoms with Crippen molar-refractivity contribution in [2.24, 2.45) is 0 Å². The van der Waals surface area contributed by atoms with Crippen molar-refractivity contribution in [2.75, 3.05) is 20.8 Å². The van der Waals surface area contributed by atoms with E-state index in [0.29, 0.717) is 6.54 Å². The summed E-state index contributed by atoms with van der Waals surface area (Å²) >= 11 is 1.74. The zero-order valence-corrected chi connectivity index (χ0v) is 17.9. The molecule has 0 saturated carbocycles. The third kappa shape index (κ3) is 5.71. The zero-order valence-electron chi connectivity index (χ0n) is 17.0. The van der Waals surface area contributed by atoms with Crippen LogP contribution in [0.1, 0.15) is 42.8 Å². The molecular formula is C21H30N2O3S. The summed E-state index contributed by atoms with van der Waals surface area (Å²) < 4.78 is 10.7. The third-order valence-electron chi connectivity index (χ3n) is 4.67. The molecule has 27 heavy (non-hydrogen) atoms. The van der Waals surface area contributed by atoms with Crippen LogP contribution in [0.15, 0.2) is 29.6 Å². The molecule has 0 aliphatic rings. The largest absolute Gasteiger partial charge is 0.497 e. The van der Waals surface area contributed by atoms with Gasteiger partial charge in [0.1, 0.15) is 11.5 Å². The number of rotatable bonds is 9. The van der Waals surface area contributed by atoms with Gasteiger partial charge in [-0.25, -0.2) is 0 Å². The number of amides is 1. The van der Waals surface area contributed by atoms with E-state index in [4.69, 9.17) is 9.47 Å². The number of hydrogen-bond donors (Lipinski definition) is 1. The van der Waals surface area contributed by atoms with Crippen molar-refractivity contribution >= 4 is 17.2 Å². The Kier molecular flexibility index (Phi) is 7.68. The monoisotopic (exact) mass is 390 g/mol. The quantitative estimate of drug-likeness (QED) is 0.698. The van der Waals surface area contributed by atoms with Crippen LogP contribution in [0.5, 0.6) is 11.5 Å². The van der Waals surface area contributed by atoms with Gasteiger partial charge in [0.2, 0.25) is 5.91 Å². The number of methoxy groups -OCH3 is 2. The van der Waals surface area contributed by atoms with Gasteiger partial charge in [-0.1, -0.05) is 0 Å². The maximum absolute atomic E-state index is 12.7. The van der Waals surface area contributed by atoms with Crippen molar-refractivity contribution in [3.63, 3.8) is 0 Å². The van der Waals surface area contributed by atoms with Crippen molar-refractivity contribution in [1.82, 2.24) is 10.2 Å². The predicted molar refractivity (Wildman–Crippen MR) is 111 cm³/mol. The molecule has 0 aliphatic heterocycles. The summed E-state index contributed by atoms with van der Waals surface area (Å²) in [5.41, 5.74) is 2.18. The molecule has 148 valence electrons. The van der Waals surface area contributed by atoms with Crippen LogP contribution in [0.25, 0.3) is 0 Å². The van der Waals surface area contributed by atoms with E-state index in [0.717, 1.165) is 23.6 Å². The SMILES string of the molecule is COc1ccc(OC)c([C@@H](C)NC(=O)CN(Cc2sccc2C)C(C)C)c1. The first-order chi connectivity index (χ1) is 12.8. The van der Waals surface area contributed by atoms with Crippen molar-refractivity contribution in [1.29, 1.82) is 0 Å². The van der Waals surface area contributed by atoms with E-state index < -0.39 is 0 Å². The van der Waals surface area contributed by atoms with Gasteiger partial charge >= 0.3 is 0 Å². The standard InChI is InChI=1S/C21H30N2O3S/c1-14(2)23(12-20-15(3)9-10-27-20)13-21(24)22-16(4)18-11-17(25-5)7-8-19(18)26-6/h7-11,14,16H,12-13H2,1-6H3,(H,22,24)/t16-/m1/s1. The van der Waals surface area contributed by atoms with Crippen LogP contribution in [-0.4, -0.2) is 37.6 Å². The molecule has 5 nitrogen and oxygen atoms in total. The molecule has 0 bridgehead atoms. The molecule has 0 radical (unpaired) electrons. The first kappa shape index (κ1) is 21.3. The van der Waals surface area contributed by atoms with E-state index in [1.165, 1.54) is 10.4 Å². The van der Waals surface area contributed by atoms with E-state index in [2.05, 4.69) is 42.4 Å². The molecule has 1 N–H and O–H groups in total. The van der Waals surface area contributed by atoms with Crippen LogP contribution >= 0.6 is 11.3 Å². The molecular weight excluding hydrogens is 360 g/mol. The summed E-state index contributed by atoms with van der Waals surface area (Å²) in [5.74, 6) is 1.47. The molecule has 0 saturated heterocycles. The van der Waals surface area contributed by atoms with Crippen LogP contribution in [0, 0.1) is 6.92 Å². The third-order valence-corrected chi connectivity index (χ3v) is 5.68. The van der Waals surface area contributed by atoms with Crippen molar-refractivity contribution in [3.05, 3.63) is 45.6 Å². The van der Waals surface area contributed by atoms with Gasteiger partial charge in [-0.05, 0) is 62.9 Å². The Morgan fingerprint density at radius 2 is 1.93 bits per heavy atom. The lowest BCUT2D eigenvalue weighted by atomic mass is 10.1. The second-order valence-electron chi connectivity index (χ2n) is 6.92. The van der Waals surface area contributed by atoms with E-state index in [-0.39, 0.29) is 18.0 Å². The summed E-state index contributed by atoms with van der Waals surface area (Å²) in [6.45, 7) is 9.44. The highest BCUT2D eigenvalue weighted by atomic mass is 32.1. The van der Waals surface area contributed by atoms with Crippen LogP contribution in [0.2, 0.25) is 0 Å². The normalized spacial score (nSPS) is 12.3. The second kappa shape index (κ2) is 9.76. The summed E-state index contributed by atoms with van der Waals surface area (Å²) in [6.07, 6.45) is 0. The van der Waals surface area contributed by atoms with Gasteiger partial charge in [0.15, 0.2) is 0 Å². The van der Waals surface area contributed by atoms with Crippen LogP contribution in [0.3, 0.4) is 0 Å². The topological polar surface area (TPSA) is 50.8 Å². The molecule has 0 spiro atoms. The summed E-state index contributed by atoms with van der Waals surface area (Å²) in [4.78, 5) is 16.2. The number of carbonyl (C=O) groups excluding carboxylic acids is 1. The fourth-order valence-corrected chi connectivity index (χ4v) is 3.83. The maximum Gasteiger partial charge on any atom is 0.234 e. The minimum atomic E-state index is -0.181. The number of thiophene rings is 1. The van der Waals surface area contributed by atoms with Gasteiger partial charge in [0.05, 0.1) is 26.8 Å². The number of nitrogens with zero attached hydrogens (tertiary/aromatic N) is 1. The van der Waals surface area contributed by atoms with Gasteiger partial charge < -0.3 is 14.8 Å². The van der Waals surface area contributed by atoms with Gasteiger partial charge in [-0.15, -0.1) is 11.3 Å². The minimum absolute atomic E-state index is 0.00437. The molecule has 1 aromatic heterocycles. The fraction of sp³-hybridized carbons (Fsp3) is 0.476. The summed E-state index contributed by atoms with van der Waals surface area (Å²) in [5, 5.41) is 5.19. The van der Waals surface area contributed by atoms with Crippen LogP contribution in [-0.2, 0) is 11.3 Å². The molecule has 1 atom stereocenters. The minimum Gasteiger partial charge on any atom is -0.497 e. The fourth-order valence-electron chi connectivity index (χ4n) is 2.90. The van der Waals surface area contributed by atoms with Gasteiger partial charge in [0, 0.05) is 23.0 Å². The lowest BCUT2D eigenvalue weighted by Crippen LogP contribution is -2.41. The van der Waals surface area contributed by atoms with E-state index in [1.807, 2.05) is 25.1 Å². The number of aryl methyl sites for hydroxylation is 1. The van der Waals surface area contributed by atoms with Crippen LogP contribution < -0.4 is 14.8 Å². The lowest BCUT2D eigenvalue weighted by molar-refractivity contribution is -0.123. The number of ether oxygens (including phenoxy) is 2. The first-order valence-corrected chi connectivity index (χ1v) is 10.0. The first-order valence-electron chi connectivity index (χ1n) is 9.14. The van der Waals surface area contributed by atoms with Gasteiger partial charge in [-0.2, -0.15) is 0 Å². The number of nitrogens with one attached hydrogen (secondary N) is 1.